The van der Waals surface area contributed by atoms with Gasteiger partial charge in [0.25, 0.3) is 0 Å². The Hall–Kier alpha value is -3.39. The molecule has 1 aromatic carbocycles. The van der Waals surface area contributed by atoms with Crippen LogP contribution in [0.15, 0.2) is 54.9 Å². The van der Waals surface area contributed by atoms with Gasteiger partial charge in [-0.3, -0.25) is 9.55 Å². The van der Waals surface area contributed by atoms with Crippen LogP contribution < -0.4 is 10.2 Å². The van der Waals surface area contributed by atoms with Crippen molar-refractivity contribution in [3.8, 4) is 17.1 Å². The van der Waals surface area contributed by atoms with Crippen molar-refractivity contribution < 1.29 is 8.78 Å². The third kappa shape index (κ3) is 2.97. The van der Waals surface area contributed by atoms with Crippen LogP contribution in [0.1, 0.15) is 12.8 Å². The summed E-state index contributed by atoms with van der Waals surface area (Å²) in [5.41, 5.74) is 1.68. The second-order valence-electron chi connectivity index (χ2n) is 8.07. The lowest BCUT2D eigenvalue weighted by atomic mass is 9.93. The highest BCUT2D eigenvalue weighted by molar-refractivity contribution is 5.82. The molecule has 1 N–H and O–H groups in total. The maximum absolute atomic E-state index is 14.7. The van der Waals surface area contributed by atoms with Crippen molar-refractivity contribution in [2.24, 2.45) is 0 Å². The third-order valence-electron chi connectivity index (χ3n) is 6.24. The van der Waals surface area contributed by atoms with Crippen LogP contribution in [-0.4, -0.2) is 44.7 Å². The molecule has 3 aromatic heterocycles. The Kier molecular flexibility index (Phi) is 4.21. The SMILES string of the molecule is Fc1cccc(F)c1-c1nc2ccc(N3CC4CCC3CN4)nc2n1-c1ccncc1. The first-order chi connectivity index (χ1) is 15.2. The topological polar surface area (TPSA) is 58.9 Å². The minimum atomic E-state index is -0.662. The van der Waals surface area contributed by atoms with Crippen molar-refractivity contribution in [3.63, 3.8) is 0 Å². The first-order valence-corrected chi connectivity index (χ1v) is 10.4. The van der Waals surface area contributed by atoms with Crippen LogP contribution in [0, 0.1) is 11.6 Å². The van der Waals surface area contributed by atoms with Crippen molar-refractivity contribution >= 4 is 17.0 Å². The van der Waals surface area contributed by atoms with E-state index in [0.29, 0.717) is 28.9 Å². The molecule has 2 bridgehead atoms. The summed E-state index contributed by atoms with van der Waals surface area (Å²) >= 11 is 0. The fourth-order valence-corrected chi connectivity index (χ4v) is 4.71. The molecule has 0 radical (unpaired) electrons. The number of piperidine rings is 2. The van der Waals surface area contributed by atoms with Crippen molar-refractivity contribution in [3.05, 3.63) is 66.5 Å². The highest BCUT2D eigenvalue weighted by Crippen LogP contribution is 2.33. The molecule has 3 aliphatic heterocycles. The summed E-state index contributed by atoms with van der Waals surface area (Å²) in [7, 11) is 0. The smallest absolute Gasteiger partial charge is 0.167 e. The van der Waals surface area contributed by atoms with Gasteiger partial charge in [0.2, 0.25) is 0 Å². The Balaban J connectivity index is 1.58. The van der Waals surface area contributed by atoms with Crippen LogP contribution in [0.5, 0.6) is 0 Å². The molecular formula is C23H20F2N6. The molecular weight excluding hydrogens is 398 g/mol. The Bertz CT molecular complexity index is 1240. The predicted octanol–water partition coefficient (Wildman–Crippen LogP) is 3.70. The Morgan fingerprint density at radius 3 is 2.42 bits per heavy atom. The van der Waals surface area contributed by atoms with Crippen LogP contribution in [0.25, 0.3) is 28.2 Å². The van der Waals surface area contributed by atoms with E-state index in [-0.39, 0.29) is 11.4 Å². The van der Waals surface area contributed by atoms with E-state index in [0.717, 1.165) is 25.3 Å². The monoisotopic (exact) mass is 418 g/mol. The first-order valence-electron chi connectivity index (χ1n) is 10.4. The van der Waals surface area contributed by atoms with Gasteiger partial charge in [0.05, 0.1) is 11.3 Å². The summed E-state index contributed by atoms with van der Waals surface area (Å²) in [5, 5.41) is 3.55. The number of nitrogens with zero attached hydrogens (tertiary/aromatic N) is 5. The van der Waals surface area contributed by atoms with Gasteiger partial charge in [-0.2, -0.15) is 0 Å². The van der Waals surface area contributed by atoms with Crippen LogP contribution in [0.3, 0.4) is 0 Å². The summed E-state index contributed by atoms with van der Waals surface area (Å²) in [5.74, 6) is -0.279. The molecule has 6 heterocycles. The van der Waals surface area contributed by atoms with Crippen LogP contribution >= 0.6 is 0 Å². The zero-order valence-electron chi connectivity index (χ0n) is 16.7. The van der Waals surface area contributed by atoms with Gasteiger partial charge in [0.15, 0.2) is 11.5 Å². The minimum Gasteiger partial charge on any atom is -0.351 e. The molecule has 0 saturated carbocycles. The number of hydrogen-bond acceptors (Lipinski definition) is 5. The molecule has 8 heteroatoms. The summed E-state index contributed by atoms with van der Waals surface area (Å²) in [6.07, 6.45) is 5.59. The number of aromatic nitrogens is 4. The van der Waals surface area contributed by atoms with Crippen molar-refractivity contribution in [2.45, 2.75) is 24.9 Å². The molecule has 2 atom stereocenters. The van der Waals surface area contributed by atoms with E-state index in [9.17, 15) is 8.78 Å². The summed E-state index contributed by atoms with van der Waals surface area (Å²) in [6.45, 7) is 1.85. The lowest BCUT2D eigenvalue weighted by molar-refractivity contribution is 0.289. The second kappa shape index (κ2) is 7.09. The molecule has 4 aromatic rings. The number of halogens is 2. The number of benzene rings is 1. The van der Waals surface area contributed by atoms with Gasteiger partial charge in [0.1, 0.15) is 23.0 Å². The lowest BCUT2D eigenvalue weighted by Crippen LogP contribution is -2.61. The quantitative estimate of drug-likeness (QED) is 0.550. The van der Waals surface area contributed by atoms with E-state index in [1.807, 2.05) is 12.1 Å². The number of pyridine rings is 2. The number of piperazine rings is 1. The molecule has 156 valence electrons. The van der Waals surface area contributed by atoms with Gasteiger partial charge in [-0.15, -0.1) is 0 Å². The van der Waals surface area contributed by atoms with E-state index in [1.165, 1.54) is 24.6 Å². The van der Waals surface area contributed by atoms with Gasteiger partial charge in [0, 0.05) is 37.6 Å². The van der Waals surface area contributed by atoms with Gasteiger partial charge in [-0.25, -0.2) is 18.7 Å². The molecule has 7 rings (SSSR count). The number of hydrogen-bond donors (Lipinski definition) is 1. The number of anilines is 1. The van der Waals surface area contributed by atoms with Gasteiger partial charge in [-0.05, 0) is 49.2 Å². The second-order valence-corrected chi connectivity index (χ2v) is 8.07. The van der Waals surface area contributed by atoms with E-state index < -0.39 is 11.6 Å². The summed E-state index contributed by atoms with van der Waals surface area (Å²) in [4.78, 5) is 15.9. The fourth-order valence-electron chi connectivity index (χ4n) is 4.71. The van der Waals surface area contributed by atoms with E-state index >= 15 is 0 Å². The minimum absolute atomic E-state index is 0.167. The van der Waals surface area contributed by atoms with Crippen molar-refractivity contribution in [1.29, 1.82) is 0 Å². The van der Waals surface area contributed by atoms with Crippen molar-refractivity contribution in [2.75, 3.05) is 18.0 Å². The highest BCUT2D eigenvalue weighted by Gasteiger charge is 2.34. The molecule has 0 aliphatic carbocycles. The average molecular weight is 418 g/mol. The van der Waals surface area contributed by atoms with Crippen molar-refractivity contribution in [1.82, 2.24) is 24.8 Å². The maximum atomic E-state index is 14.7. The summed E-state index contributed by atoms with van der Waals surface area (Å²) in [6, 6.07) is 12.1. The van der Waals surface area contributed by atoms with Crippen LogP contribution in [0.2, 0.25) is 0 Å². The Morgan fingerprint density at radius 2 is 1.74 bits per heavy atom. The standard InChI is InChI=1S/C23H20F2N6/c24-17-2-1-3-18(25)21(17)23-28-19-6-7-20(30-13-14-4-5-16(30)12-27-14)29-22(19)31(23)15-8-10-26-11-9-15/h1-3,6-11,14,16,27H,4-5,12-13H2. The van der Waals surface area contributed by atoms with E-state index in [2.05, 4.69) is 20.2 Å². The first kappa shape index (κ1) is 18.4. The number of imidazole rings is 1. The molecule has 0 spiro atoms. The van der Waals surface area contributed by atoms with Gasteiger partial charge >= 0.3 is 0 Å². The maximum Gasteiger partial charge on any atom is 0.167 e. The van der Waals surface area contributed by atoms with Gasteiger partial charge in [-0.1, -0.05) is 6.07 Å². The zero-order valence-corrected chi connectivity index (χ0v) is 16.7. The molecule has 3 fully saturated rings. The molecule has 2 unspecified atom stereocenters. The Labute approximate surface area is 177 Å². The van der Waals surface area contributed by atoms with Gasteiger partial charge < -0.3 is 10.2 Å². The zero-order chi connectivity index (χ0) is 20.9. The molecule has 3 aliphatic rings. The molecule has 31 heavy (non-hydrogen) atoms. The number of rotatable bonds is 3. The van der Waals surface area contributed by atoms with E-state index in [1.54, 1.807) is 29.1 Å². The Morgan fingerprint density at radius 1 is 0.935 bits per heavy atom. The fraction of sp³-hybridized carbons (Fsp3) is 0.261. The third-order valence-corrected chi connectivity index (χ3v) is 6.24. The largest absolute Gasteiger partial charge is 0.351 e. The predicted molar refractivity (Wildman–Crippen MR) is 114 cm³/mol. The lowest BCUT2D eigenvalue weighted by Gasteiger charge is -2.46. The van der Waals surface area contributed by atoms with Crippen LogP contribution in [-0.2, 0) is 0 Å². The molecule has 6 nitrogen and oxygen atoms in total. The number of nitrogens with one attached hydrogen (secondary N) is 1. The van der Waals surface area contributed by atoms with Crippen LogP contribution in [0.4, 0.5) is 14.6 Å². The average Bonchev–Trinajstić information content (AvgIpc) is 3.18. The normalized spacial score (nSPS) is 20.5. The summed E-state index contributed by atoms with van der Waals surface area (Å²) < 4.78 is 31.1. The molecule has 3 saturated heterocycles. The highest BCUT2D eigenvalue weighted by atomic mass is 19.1. The van der Waals surface area contributed by atoms with E-state index in [4.69, 9.17) is 4.98 Å². The molecule has 0 amide bonds. The number of fused-ring (bicyclic) bond motifs is 4.